The lowest BCUT2D eigenvalue weighted by molar-refractivity contribution is 0.0957. The van der Waals surface area contributed by atoms with E-state index in [1.54, 1.807) is 17.1 Å². The topological polar surface area (TPSA) is 88.5 Å². The zero-order valence-electron chi connectivity index (χ0n) is 22.8. The zero-order valence-corrected chi connectivity index (χ0v) is 22.8. The fourth-order valence-electron chi connectivity index (χ4n) is 4.16. The van der Waals surface area contributed by atoms with E-state index in [4.69, 9.17) is 0 Å². The molecule has 0 fully saturated rings. The van der Waals surface area contributed by atoms with Crippen LogP contribution in [-0.4, -0.2) is 37.2 Å². The lowest BCUT2D eigenvalue weighted by Gasteiger charge is -2.19. The van der Waals surface area contributed by atoms with E-state index in [0.717, 1.165) is 33.6 Å². The van der Waals surface area contributed by atoms with Gasteiger partial charge in [0, 0.05) is 37.5 Å². The average Bonchev–Trinajstić information content (AvgIpc) is 3.49. The molecule has 192 valence electrons. The number of nitrogens with one attached hydrogen (secondary N) is 2. The van der Waals surface area contributed by atoms with Crippen molar-refractivity contribution in [1.82, 2.24) is 30.0 Å². The highest BCUT2D eigenvalue weighted by Crippen LogP contribution is 2.27. The number of amides is 1. The molecule has 0 bridgehead atoms. The van der Waals surface area contributed by atoms with Crippen LogP contribution in [0.5, 0.6) is 0 Å². The van der Waals surface area contributed by atoms with Gasteiger partial charge in [-0.3, -0.25) is 9.48 Å². The quantitative estimate of drug-likeness (QED) is 0.303. The third-order valence-corrected chi connectivity index (χ3v) is 6.57. The Morgan fingerprint density at radius 1 is 1.16 bits per heavy atom. The molecule has 3 heterocycles. The molecule has 7 heteroatoms. The van der Waals surface area contributed by atoms with Gasteiger partial charge in [-0.15, -0.1) is 0 Å². The fraction of sp³-hybridized carbons (Fsp3) is 0.333. The van der Waals surface area contributed by atoms with Gasteiger partial charge < -0.3 is 10.3 Å². The van der Waals surface area contributed by atoms with Crippen molar-refractivity contribution in [1.29, 1.82) is 0 Å². The number of imidazole rings is 1. The van der Waals surface area contributed by atoms with Gasteiger partial charge >= 0.3 is 0 Å². The number of aromatic amines is 1. The predicted octanol–water partition coefficient (Wildman–Crippen LogP) is 6.08. The molecule has 3 aromatic heterocycles. The van der Waals surface area contributed by atoms with Gasteiger partial charge in [-0.25, -0.2) is 9.97 Å². The van der Waals surface area contributed by atoms with E-state index in [0.29, 0.717) is 17.8 Å². The Morgan fingerprint density at radius 2 is 1.89 bits per heavy atom. The summed E-state index contributed by atoms with van der Waals surface area (Å²) in [6, 6.07) is 9.88. The van der Waals surface area contributed by atoms with Crippen molar-refractivity contribution < 1.29 is 4.79 Å². The number of hydrogen-bond donors (Lipinski definition) is 2. The Labute approximate surface area is 218 Å². The van der Waals surface area contributed by atoms with E-state index >= 15 is 0 Å². The van der Waals surface area contributed by atoms with Crippen LogP contribution in [0.1, 0.15) is 68.9 Å². The second kappa shape index (κ2) is 10.5. The molecule has 0 saturated carbocycles. The molecule has 1 aromatic carbocycles. The average molecular weight is 497 g/mol. The zero-order chi connectivity index (χ0) is 26.7. The lowest BCUT2D eigenvalue weighted by atomic mass is 9.87. The van der Waals surface area contributed by atoms with Gasteiger partial charge in [-0.05, 0) is 54.2 Å². The smallest absolute Gasteiger partial charge is 0.251 e. The van der Waals surface area contributed by atoms with Crippen LogP contribution < -0.4 is 5.32 Å². The number of aromatic nitrogens is 5. The second-order valence-corrected chi connectivity index (χ2v) is 10.8. The predicted molar refractivity (Wildman–Crippen MR) is 149 cm³/mol. The molecule has 37 heavy (non-hydrogen) atoms. The summed E-state index contributed by atoms with van der Waals surface area (Å²) in [5.74, 6) is 0.794. The highest BCUT2D eigenvalue weighted by molar-refractivity contribution is 5.94. The van der Waals surface area contributed by atoms with Crippen molar-refractivity contribution in [2.45, 2.75) is 52.9 Å². The number of hydrogen-bond acceptors (Lipinski definition) is 4. The summed E-state index contributed by atoms with van der Waals surface area (Å²) in [5.41, 5.74) is 7.81. The molecular weight excluding hydrogens is 460 g/mol. The number of nitrogens with zero attached hydrogens (tertiary/aromatic N) is 4. The number of carbonyl (C=O) groups is 1. The molecule has 0 radical (unpaired) electrons. The first-order valence-corrected chi connectivity index (χ1v) is 12.6. The van der Waals surface area contributed by atoms with Crippen LogP contribution in [0.2, 0.25) is 0 Å². The number of allylic oxidation sites excluding steroid dienone is 2. The van der Waals surface area contributed by atoms with Gasteiger partial charge in [0.15, 0.2) is 5.65 Å². The molecule has 0 aliphatic carbocycles. The van der Waals surface area contributed by atoms with Crippen LogP contribution in [0.25, 0.3) is 22.6 Å². The van der Waals surface area contributed by atoms with Gasteiger partial charge in [-0.1, -0.05) is 57.6 Å². The number of H-pyrrole nitrogens is 1. The van der Waals surface area contributed by atoms with Crippen LogP contribution in [0.15, 0.2) is 72.2 Å². The molecule has 1 atom stereocenters. The first-order chi connectivity index (χ1) is 17.5. The van der Waals surface area contributed by atoms with Crippen LogP contribution >= 0.6 is 0 Å². The van der Waals surface area contributed by atoms with Crippen molar-refractivity contribution >= 4 is 17.1 Å². The van der Waals surface area contributed by atoms with Gasteiger partial charge in [0.05, 0.1) is 17.3 Å². The number of fused-ring (bicyclic) bond motifs is 1. The van der Waals surface area contributed by atoms with Crippen LogP contribution in [0.3, 0.4) is 0 Å². The third-order valence-electron chi connectivity index (χ3n) is 6.57. The third kappa shape index (κ3) is 6.05. The van der Waals surface area contributed by atoms with E-state index in [2.05, 4.69) is 79.1 Å². The number of carbonyl (C=O) groups excluding carboxylic acids is 1. The molecule has 4 aromatic rings. The minimum atomic E-state index is -0.0723. The maximum absolute atomic E-state index is 12.8. The standard InChI is InChI=1S/C30H36N6O/c1-19(2)22(16-32-29(37)21-10-12-24(13-11-21)30(4,5)6)9-8-20(3)25-14-15-31-28-26(25)34-27(35-28)23-17-33-36(7)18-23/h8-15,17-18,20H,16H2,1-7H3,(H,32,37)(H,31,34,35)/b9-8-. The van der Waals surface area contributed by atoms with Gasteiger partial charge in [-0.2, -0.15) is 5.10 Å². The maximum Gasteiger partial charge on any atom is 0.251 e. The lowest BCUT2D eigenvalue weighted by Crippen LogP contribution is -2.25. The second-order valence-electron chi connectivity index (χ2n) is 10.8. The Balaban J connectivity index is 1.47. The highest BCUT2D eigenvalue weighted by Gasteiger charge is 2.16. The number of aryl methyl sites for hydroxylation is 1. The van der Waals surface area contributed by atoms with Crippen LogP contribution in [0, 0.1) is 0 Å². The number of pyridine rings is 1. The van der Waals surface area contributed by atoms with E-state index in [1.165, 1.54) is 5.56 Å². The summed E-state index contributed by atoms with van der Waals surface area (Å²) < 4.78 is 1.75. The normalized spacial score (nSPS) is 12.7. The highest BCUT2D eigenvalue weighted by atomic mass is 16.1. The minimum Gasteiger partial charge on any atom is -0.348 e. The Kier molecular flexibility index (Phi) is 7.43. The molecule has 0 saturated heterocycles. The van der Waals surface area contributed by atoms with Crippen LogP contribution in [-0.2, 0) is 12.5 Å². The fourth-order valence-corrected chi connectivity index (χ4v) is 4.16. The Morgan fingerprint density at radius 3 is 2.51 bits per heavy atom. The summed E-state index contributed by atoms with van der Waals surface area (Å²) in [7, 11) is 1.88. The van der Waals surface area contributed by atoms with E-state index in [9.17, 15) is 4.79 Å². The molecule has 7 nitrogen and oxygen atoms in total. The molecular formula is C30H36N6O. The van der Waals surface area contributed by atoms with Crippen molar-refractivity contribution in [3.8, 4) is 11.4 Å². The van der Waals surface area contributed by atoms with E-state index < -0.39 is 0 Å². The van der Waals surface area contributed by atoms with E-state index in [1.807, 2.05) is 43.6 Å². The number of rotatable bonds is 7. The van der Waals surface area contributed by atoms with E-state index in [-0.39, 0.29) is 17.2 Å². The summed E-state index contributed by atoms with van der Waals surface area (Å²) in [5, 5.41) is 7.31. The summed E-state index contributed by atoms with van der Waals surface area (Å²) in [4.78, 5) is 25.3. The number of benzene rings is 1. The maximum atomic E-state index is 12.8. The van der Waals surface area contributed by atoms with Crippen molar-refractivity contribution in [2.24, 2.45) is 7.05 Å². The molecule has 1 unspecified atom stereocenters. The summed E-state index contributed by atoms with van der Waals surface area (Å²) in [6.45, 7) is 13.2. The summed E-state index contributed by atoms with van der Waals surface area (Å²) in [6.07, 6.45) is 9.77. The van der Waals surface area contributed by atoms with Gasteiger partial charge in [0.25, 0.3) is 5.91 Å². The monoisotopic (exact) mass is 496 g/mol. The SMILES string of the molecule is CC(C)=C(/C=C\C(C)c1ccnc2nc(-c3cnn(C)c3)[nH]c12)CNC(=O)c1ccc(C(C)(C)C)cc1. The summed E-state index contributed by atoms with van der Waals surface area (Å²) >= 11 is 0. The molecule has 0 spiro atoms. The van der Waals surface area contributed by atoms with Gasteiger partial charge in [0.2, 0.25) is 0 Å². The molecule has 2 N–H and O–H groups in total. The molecule has 1 amide bonds. The molecule has 4 rings (SSSR count). The van der Waals surface area contributed by atoms with Gasteiger partial charge in [0.1, 0.15) is 5.82 Å². The first-order valence-electron chi connectivity index (χ1n) is 12.6. The van der Waals surface area contributed by atoms with Crippen molar-refractivity contribution in [3.63, 3.8) is 0 Å². The Bertz CT molecular complexity index is 1460. The molecule has 0 aliphatic heterocycles. The van der Waals surface area contributed by atoms with Crippen LogP contribution in [0.4, 0.5) is 0 Å². The Hall–Kier alpha value is -4.00. The van der Waals surface area contributed by atoms with Crippen molar-refractivity contribution in [3.05, 3.63) is 88.9 Å². The molecule has 0 aliphatic rings. The minimum absolute atomic E-state index is 0.0582. The first kappa shape index (κ1) is 26.1. The largest absolute Gasteiger partial charge is 0.348 e. The van der Waals surface area contributed by atoms with Crippen molar-refractivity contribution in [2.75, 3.05) is 6.54 Å².